The number of aromatic nitrogens is 4. The summed E-state index contributed by atoms with van der Waals surface area (Å²) in [5.74, 6) is -1.80. The van der Waals surface area contributed by atoms with Crippen LogP contribution >= 0.6 is 11.8 Å². The van der Waals surface area contributed by atoms with Crippen LogP contribution in [0.15, 0.2) is 53.4 Å². The minimum Gasteiger partial charge on any atom is -0.353 e. The van der Waals surface area contributed by atoms with E-state index >= 15 is 0 Å². The number of nitrogens with zero attached hydrogens (tertiary/aromatic N) is 5. The number of tetrazole rings is 1. The van der Waals surface area contributed by atoms with Gasteiger partial charge in [0.1, 0.15) is 18.2 Å². The summed E-state index contributed by atoms with van der Waals surface area (Å²) in [6.07, 6.45) is 1.32. The highest BCUT2D eigenvalue weighted by molar-refractivity contribution is 8.18. The Hall–Kier alpha value is -3.93. The summed E-state index contributed by atoms with van der Waals surface area (Å²) in [4.78, 5) is 38.9. The third-order valence-electron chi connectivity index (χ3n) is 4.54. The Morgan fingerprint density at radius 3 is 2.73 bits per heavy atom. The SMILES string of the molecule is O=C(Cn1nnc(-c2cccc(F)c2)n1)NCCN1C(=O)S/C(=C\c2ccccc2F)C1=O. The van der Waals surface area contributed by atoms with Crippen molar-refractivity contribution in [3.8, 4) is 11.4 Å². The number of nitrogens with one attached hydrogen (secondary N) is 1. The first-order chi connectivity index (χ1) is 15.9. The van der Waals surface area contributed by atoms with Gasteiger partial charge in [0.2, 0.25) is 11.7 Å². The Bertz CT molecular complexity index is 1260. The predicted molar refractivity (Wildman–Crippen MR) is 115 cm³/mol. The van der Waals surface area contributed by atoms with Crippen molar-refractivity contribution in [1.29, 1.82) is 0 Å². The highest BCUT2D eigenvalue weighted by Crippen LogP contribution is 2.32. The minimum absolute atomic E-state index is 0.00923. The average molecular weight is 470 g/mol. The van der Waals surface area contributed by atoms with E-state index in [1.165, 1.54) is 42.5 Å². The van der Waals surface area contributed by atoms with Crippen molar-refractivity contribution in [3.63, 3.8) is 0 Å². The molecule has 4 rings (SSSR count). The fraction of sp³-hybridized carbons (Fsp3) is 0.143. The van der Waals surface area contributed by atoms with Crippen molar-refractivity contribution < 1.29 is 23.2 Å². The minimum atomic E-state index is -0.555. The Labute approximate surface area is 190 Å². The summed E-state index contributed by atoms with van der Waals surface area (Å²) in [6.45, 7) is -0.295. The molecule has 168 valence electrons. The first-order valence-electron chi connectivity index (χ1n) is 9.71. The van der Waals surface area contributed by atoms with Gasteiger partial charge < -0.3 is 5.32 Å². The zero-order chi connectivity index (χ0) is 23.4. The summed E-state index contributed by atoms with van der Waals surface area (Å²) in [5.41, 5.74) is 0.624. The maximum absolute atomic E-state index is 13.8. The number of amides is 3. The van der Waals surface area contributed by atoms with E-state index in [1.54, 1.807) is 12.1 Å². The van der Waals surface area contributed by atoms with Gasteiger partial charge in [0, 0.05) is 24.2 Å². The molecule has 0 spiro atoms. The van der Waals surface area contributed by atoms with Crippen LogP contribution in [0, 0.1) is 11.6 Å². The van der Waals surface area contributed by atoms with Crippen molar-refractivity contribution in [1.82, 2.24) is 30.4 Å². The second kappa shape index (κ2) is 9.69. The van der Waals surface area contributed by atoms with Gasteiger partial charge in [-0.2, -0.15) is 4.80 Å². The first kappa shape index (κ1) is 22.3. The molecule has 33 heavy (non-hydrogen) atoms. The van der Waals surface area contributed by atoms with Gasteiger partial charge in [-0.1, -0.05) is 30.3 Å². The maximum Gasteiger partial charge on any atom is 0.293 e. The molecular formula is C21H16F2N6O3S. The standard InChI is InChI=1S/C21H16F2N6O3S/c22-15-6-3-5-14(10-15)19-25-27-29(26-19)12-18(30)24-8-9-28-20(31)17(33-21(28)32)11-13-4-1-2-7-16(13)23/h1-7,10-11H,8-9,12H2,(H,24,30)/b17-11-. The van der Waals surface area contributed by atoms with E-state index < -0.39 is 28.7 Å². The second-order valence-corrected chi connectivity index (χ2v) is 7.85. The summed E-state index contributed by atoms with van der Waals surface area (Å²) in [5, 5.41) is 13.7. The van der Waals surface area contributed by atoms with Crippen LogP contribution in [-0.4, -0.2) is 55.3 Å². The van der Waals surface area contributed by atoms with Crippen LogP contribution in [0.3, 0.4) is 0 Å². The number of rotatable bonds is 7. The highest BCUT2D eigenvalue weighted by atomic mass is 32.2. The van der Waals surface area contributed by atoms with E-state index in [1.807, 2.05) is 0 Å². The number of carbonyl (C=O) groups excluding carboxylic acids is 3. The van der Waals surface area contributed by atoms with E-state index in [9.17, 15) is 23.2 Å². The molecule has 0 atom stereocenters. The van der Waals surface area contributed by atoms with Gasteiger partial charge in [-0.15, -0.1) is 10.2 Å². The van der Waals surface area contributed by atoms with Crippen LogP contribution in [0.5, 0.6) is 0 Å². The maximum atomic E-state index is 13.8. The molecule has 1 N–H and O–H groups in total. The Kier molecular flexibility index (Phi) is 6.54. The van der Waals surface area contributed by atoms with E-state index in [0.29, 0.717) is 17.3 Å². The zero-order valence-corrected chi connectivity index (χ0v) is 17.8. The molecule has 3 amide bonds. The van der Waals surface area contributed by atoms with E-state index in [2.05, 4.69) is 20.7 Å². The lowest BCUT2D eigenvalue weighted by atomic mass is 10.2. The molecule has 0 radical (unpaired) electrons. The van der Waals surface area contributed by atoms with E-state index in [-0.39, 0.29) is 35.9 Å². The highest BCUT2D eigenvalue weighted by Gasteiger charge is 2.34. The normalized spacial score (nSPS) is 14.8. The molecule has 0 saturated carbocycles. The van der Waals surface area contributed by atoms with Crippen LogP contribution in [0.1, 0.15) is 5.56 Å². The van der Waals surface area contributed by atoms with Crippen LogP contribution in [0.4, 0.5) is 13.6 Å². The van der Waals surface area contributed by atoms with E-state index in [4.69, 9.17) is 0 Å². The van der Waals surface area contributed by atoms with Gasteiger partial charge in [-0.05, 0) is 41.3 Å². The molecule has 2 aromatic carbocycles. The lowest BCUT2D eigenvalue weighted by Crippen LogP contribution is -2.38. The smallest absolute Gasteiger partial charge is 0.293 e. The molecule has 3 aromatic rings. The molecule has 2 heterocycles. The number of thioether (sulfide) groups is 1. The van der Waals surface area contributed by atoms with Crippen molar-refractivity contribution in [2.45, 2.75) is 6.54 Å². The fourth-order valence-corrected chi connectivity index (χ4v) is 3.83. The van der Waals surface area contributed by atoms with E-state index in [0.717, 1.165) is 9.70 Å². The topological polar surface area (TPSA) is 110 Å². The number of imide groups is 1. The number of halogens is 2. The zero-order valence-electron chi connectivity index (χ0n) is 16.9. The Morgan fingerprint density at radius 2 is 1.94 bits per heavy atom. The summed E-state index contributed by atoms with van der Waals surface area (Å²) < 4.78 is 27.1. The predicted octanol–water partition coefficient (Wildman–Crippen LogP) is 2.47. The molecule has 1 aromatic heterocycles. The van der Waals surface area contributed by atoms with Crippen molar-refractivity contribution in [3.05, 3.63) is 70.6 Å². The third-order valence-corrected chi connectivity index (χ3v) is 5.45. The Balaban J connectivity index is 1.30. The summed E-state index contributed by atoms with van der Waals surface area (Å²) in [7, 11) is 0. The molecule has 1 saturated heterocycles. The second-order valence-electron chi connectivity index (χ2n) is 6.86. The first-order valence-corrected chi connectivity index (χ1v) is 10.5. The third kappa shape index (κ3) is 5.29. The van der Waals surface area contributed by atoms with Gasteiger partial charge in [0.05, 0.1) is 4.91 Å². The molecule has 9 nitrogen and oxygen atoms in total. The van der Waals surface area contributed by atoms with Crippen molar-refractivity contribution in [2.24, 2.45) is 0 Å². The molecule has 0 aliphatic carbocycles. The quantitative estimate of drug-likeness (QED) is 0.528. The molecule has 1 aliphatic heterocycles. The van der Waals surface area contributed by atoms with Gasteiger partial charge in [0.15, 0.2) is 0 Å². The van der Waals surface area contributed by atoms with Crippen molar-refractivity contribution >= 4 is 34.9 Å². The Morgan fingerprint density at radius 1 is 1.12 bits per heavy atom. The molecule has 12 heteroatoms. The molecule has 1 fully saturated rings. The average Bonchev–Trinajstić information content (AvgIpc) is 3.35. The number of hydrogen-bond acceptors (Lipinski definition) is 7. The van der Waals surface area contributed by atoms with Gasteiger partial charge in [-0.25, -0.2) is 8.78 Å². The largest absolute Gasteiger partial charge is 0.353 e. The van der Waals surface area contributed by atoms with Crippen LogP contribution < -0.4 is 5.32 Å². The number of hydrogen-bond donors (Lipinski definition) is 1. The summed E-state index contributed by atoms with van der Waals surface area (Å²) >= 11 is 0.709. The van der Waals surface area contributed by atoms with Gasteiger partial charge in [-0.3, -0.25) is 19.3 Å². The fourth-order valence-electron chi connectivity index (χ4n) is 2.97. The number of benzene rings is 2. The number of carbonyl (C=O) groups is 3. The molecule has 0 unspecified atom stereocenters. The van der Waals surface area contributed by atoms with Gasteiger partial charge in [0.25, 0.3) is 11.1 Å². The molecular weight excluding hydrogens is 454 g/mol. The van der Waals surface area contributed by atoms with Crippen LogP contribution in [0.2, 0.25) is 0 Å². The lowest BCUT2D eigenvalue weighted by molar-refractivity contribution is -0.124. The summed E-state index contributed by atoms with van der Waals surface area (Å²) in [6, 6.07) is 11.6. The molecule has 1 aliphatic rings. The molecule has 0 bridgehead atoms. The van der Waals surface area contributed by atoms with Crippen LogP contribution in [-0.2, 0) is 16.1 Å². The van der Waals surface area contributed by atoms with Gasteiger partial charge >= 0.3 is 0 Å². The monoisotopic (exact) mass is 470 g/mol. The van der Waals surface area contributed by atoms with Crippen molar-refractivity contribution in [2.75, 3.05) is 13.1 Å². The van der Waals surface area contributed by atoms with Crippen LogP contribution in [0.25, 0.3) is 17.5 Å². The lowest BCUT2D eigenvalue weighted by Gasteiger charge is -2.12.